The van der Waals surface area contributed by atoms with Crippen molar-refractivity contribution < 1.29 is 14.6 Å². The Kier molecular flexibility index (Phi) is 5.06. The Balaban J connectivity index is 1.81. The van der Waals surface area contributed by atoms with E-state index in [9.17, 15) is 9.90 Å². The molecule has 2 rings (SSSR count). The second kappa shape index (κ2) is 6.99. The lowest BCUT2D eigenvalue weighted by Gasteiger charge is -2.09. The summed E-state index contributed by atoms with van der Waals surface area (Å²) in [5.74, 6) is 0.263. The molecule has 4 nitrogen and oxygen atoms in total. The molecule has 0 saturated heterocycles. The lowest BCUT2D eigenvalue weighted by atomic mass is 10.2. The summed E-state index contributed by atoms with van der Waals surface area (Å²) in [6.45, 7) is 2.68. The SMILES string of the molecule is Cc1ccc(OCCNC(=O)c2cc(Cl)ccc2O)cc1. The van der Waals surface area contributed by atoms with Gasteiger partial charge in [-0.3, -0.25) is 4.79 Å². The molecule has 0 spiro atoms. The number of amides is 1. The average molecular weight is 306 g/mol. The molecule has 0 atom stereocenters. The Hall–Kier alpha value is -2.20. The van der Waals surface area contributed by atoms with E-state index in [4.69, 9.17) is 16.3 Å². The fourth-order valence-electron chi connectivity index (χ4n) is 1.75. The molecule has 2 aromatic rings. The highest BCUT2D eigenvalue weighted by molar-refractivity contribution is 6.31. The number of rotatable bonds is 5. The molecule has 0 aliphatic carbocycles. The van der Waals surface area contributed by atoms with E-state index >= 15 is 0 Å². The van der Waals surface area contributed by atoms with Crippen LogP contribution in [0.4, 0.5) is 0 Å². The standard InChI is InChI=1S/C16H16ClNO3/c1-11-2-5-13(6-3-11)21-9-8-18-16(20)14-10-12(17)4-7-15(14)19/h2-7,10,19H,8-9H2,1H3,(H,18,20). The van der Waals surface area contributed by atoms with Gasteiger partial charge in [-0.2, -0.15) is 0 Å². The van der Waals surface area contributed by atoms with Crippen molar-refractivity contribution in [2.45, 2.75) is 6.92 Å². The van der Waals surface area contributed by atoms with Crippen LogP contribution in [0.1, 0.15) is 15.9 Å². The first-order valence-electron chi connectivity index (χ1n) is 6.52. The van der Waals surface area contributed by atoms with Crippen LogP contribution >= 0.6 is 11.6 Å². The topological polar surface area (TPSA) is 58.6 Å². The fraction of sp³-hybridized carbons (Fsp3) is 0.188. The maximum Gasteiger partial charge on any atom is 0.255 e. The summed E-state index contributed by atoms with van der Waals surface area (Å²) >= 11 is 5.80. The molecule has 1 amide bonds. The van der Waals surface area contributed by atoms with Crippen LogP contribution in [-0.4, -0.2) is 24.2 Å². The van der Waals surface area contributed by atoms with Gasteiger partial charge >= 0.3 is 0 Å². The number of phenols is 1. The van der Waals surface area contributed by atoms with Crippen LogP contribution in [0.25, 0.3) is 0 Å². The first kappa shape index (κ1) is 15.2. The third kappa shape index (κ3) is 4.39. The smallest absolute Gasteiger partial charge is 0.255 e. The minimum atomic E-state index is -0.387. The van der Waals surface area contributed by atoms with E-state index in [-0.39, 0.29) is 17.2 Å². The Morgan fingerprint density at radius 3 is 2.67 bits per heavy atom. The number of carbonyl (C=O) groups excluding carboxylic acids is 1. The van der Waals surface area contributed by atoms with Crippen molar-refractivity contribution >= 4 is 17.5 Å². The van der Waals surface area contributed by atoms with E-state index in [2.05, 4.69) is 5.32 Å². The fourth-order valence-corrected chi connectivity index (χ4v) is 1.93. The predicted octanol–water partition coefficient (Wildman–Crippen LogP) is 3.16. The largest absolute Gasteiger partial charge is 0.507 e. The van der Waals surface area contributed by atoms with Crippen LogP contribution in [0.5, 0.6) is 11.5 Å². The normalized spacial score (nSPS) is 10.2. The molecule has 110 valence electrons. The summed E-state index contributed by atoms with van der Waals surface area (Å²) in [4.78, 5) is 11.9. The van der Waals surface area contributed by atoms with Crippen LogP contribution in [0.15, 0.2) is 42.5 Å². The molecule has 2 aromatic carbocycles. The van der Waals surface area contributed by atoms with Crippen LogP contribution in [0, 0.1) is 6.92 Å². The van der Waals surface area contributed by atoms with Crippen molar-refractivity contribution in [3.05, 3.63) is 58.6 Å². The zero-order valence-corrected chi connectivity index (χ0v) is 12.4. The van der Waals surface area contributed by atoms with Gasteiger partial charge in [0.25, 0.3) is 5.91 Å². The Morgan fingerprint density at radius 2 is 1.95 bits per heavy atom. The van der Waals surface area contributed by atoms with Gasteiger partial charge in [0, 0.05) is 5.02 Å². The molecule has 0 aromatic heterocycles. The van der Waals surface area contributed by atoms with Crippen LogP contribution in [0.2, 0.25) is 5.02 Å². The number of aromatic hydroxyl groups is 1. The van der Waals surface area contributed by atoms with E-state index in [0.717, 1.165) is 11.3 Å². The van der Waals surface area contributed by atoms with Crippen molar-refractivity contribution in [3.63, 3.8) is 0 Å². The minimum absolute atomic E-state index is 0.101. The van der Waals surface area contributed by atoms with Gasteiger partial charge in [0.15, 0.2) is 0 Å². The summed E-state index contributed by atoms with van der Waals surface area (Å²) in [6.07, 6.45) is 0. The maximum absolute atomic E-state index is 11.9. The monoisotopic (exact) mass is 305 g/mol. The van der Waals surface area contributed by atoms with Crippen LogP contribution in [0.3, 0.4) is 0 Å². The van der Waals surface area contributed by atoms with Gasteiger partial charge in [0.05, 0.1) is 12.1 Å². The number of aryl methyl sites for hydroxylation is 1. The van der Waals surface area contributed by atoms with Crippen molar-refractivity contribution in [3.8, 4) is 11.5 Å². The van der Waals surface area contributed by atoms with E-state index < -0.39 is 0 Å². The number of benzene rings is 2. The van der Waals surface area contributed by atoms with Crippen molar-refractivity contribution in [1.29, 1.82) is 0 Å². The van der Waals surface area contributed by atoms with Crippen LogP contribution < -0.4 is 10.1 Å². The van der Waals surface area contributed by atoms with E-state index in [1.165, 1.54) is 18.2 Å². The third-order valence-corrected chi connectivity index (χ3v) is 3.12. The third-order valence-electron chi connectivity index (χ3n) is 2.88. The molecule has 0 radical (unpaired) electrons. The summed E-state index contributed by atoms with van der Waals surface area (Å²) in [5.41, 5.74) is 1.31. The zero-order valence-electron chi connectivity index (χ0n) is 11.6. The highest BCUT2D eigenvalue weighted by Gasteiger charge is 2.10. The number of phenolic OH excluding ortho intramolecular Hbond substituents is 1. The van der Waals surface area contributed by atoms with Crippen molar-refractivity contribution in [2.24, 2.45) is 0 Å². The second-order valence-corrected chi connectivity index (χ2v) is 5.02. The van der Waals surface area contributed by atoms with Crippen molar-refractivity contribution in [2.75, 3.05) is 13.2 Å². The molecular formula is C16H16ClNO3. The van der Waals surface area contributed by atoms with Crippen LogP contribution in [-0.2, 0) is 0 Å². The Bertz CT molecular complexity index is 626. The van der Waals surface area contributed by atoms with E-state index in [1.54, 1.807) is 0 Å². The molecule has 0 unspecified atom stereocenters. The van der Waals surface area contributed by atoms with Gasteiger partial charge in [-0.05, 0) is 37.3 Å². The number of halogens is 1. The molecule has 0 aliphatic rings. The molecule has 0 bridgehead atoms. The highest BCUT2D eigenvalue weighted by Crippen LogP contribution is 2.21. The first-order valence-corrected chi connectivity index (χ1v) is 6.90. The van der Waals surface area contributed by atoms with Gasteiger partial charge in [-0.1, -0.05) is 29.3 Å². The molecule has 0 saturated carbocycles. The molecule has 2 N–H and O–H groups in total. The molecule has 0 aliphatic heterocycles. The molecule has 21 heavy (non-hydrogen) atoms. The lowest BCUT2D eigenvalue weighted by Crippen LogP contribution is -2.28. The summed E-state index contributed by atoms with van der Waals surface area (Å²) < 4.78 is 5.50. The van der Waals surface area contributed by atoms with E-state index in [0.29, 0.717) is 18.2 Å². The number of ether oxygens (including phenoxy) is 1. The molecule has 0 fully saturated rings. The molecule has 5 heteroatoms. The predicted molar refractivity (Wildman–Crippen MR) is 82.1 cm³/mol. The summed E-state index contributed by atoms with van der Waals surface area (Å²) in [6, 6.07) is 12.0. The second-order valence-electron chi connectivity index (χ2n) is 4.58. The van der Waals surface area contributed by atoms with Gasteiger partial charge in [-0.25, -0.2) is 0 Å². The first-order chi connectivity index (χ1) is 10.1. The quantitative estimate of drug-likeness (QED) is 0.834. The van der Waals surface area contributed by atoms with Crippen molar-refractivity contribution in [1.82, 2.24) is 5.32 Å². The average Bonchev–Trinajstić information content (AvgIpc) is 2.47. The van der Waals surface area contributed by atoms with Gasteiger partial charge in [0.1, 0.15) is 18.1 Å². The van der Waals surface area contributed by atoms with Gasteiger partial charge < -0.3 is 15.2 Å². The minimum Gasteiger partial charge on any atom is -0.507 e. The Morgan fingerprint density at radius 1 is 1.24 bits per heavy atom. The van der Waals surface area contributed by atoms with Gasteiger partial charge in [-0.15, -0.1) is 0 Å². The summed E-state index contributed by atoms with van der Waals surface area (Å²) in [5, 5.41) is 12.7. The maximum atomic E-state index is 11.9. The lowest BCUT2D eigenvalue weighted by molar-refractivity contribution is 0.0944. The molecular weight excluding hydrogens is 290 g/mol. The number of carbonyl (C=O) groups is 1. The van der Waals surface area contributed by atoms with E-state index in [1.807, 2.05) is 31.2 Å². The number of hydrogen-bond donors (Lipinski definition) is 2. The Labute approximate surface area is 128 Å². The zero-order chi connectivity index (χ0) is 15.2. The number of nitrogens with one attached hydrogen (secondary N) is 1. The van der Waals surface area contributed by atoms with Gasteiger partial charge in [0.2, 0.25) is 0 Å². The molecule has 0 heterocycles. The highest BCUT2D eigenvalue weighted by atomic mass is 35.5. The number of hydrogen-bond acceptors (Lipinski definition) is 3. The summed E-state index contributed by atoms with van der Waals surface area (Å²) in [7, 11) is 0.